The number of hydrogen-bond acceptors (Lipinski definition) is 4. The zero-order valence-electron chi connectivity index (χ0n) is 13.2. The smallest absolute Gasteiger partial charge is 0.270 e. The second kappa shape index (κ2) is 5.43. The third-order valence-corrected chi connectivity index (χ3v) is 5.05. The average molecular weight is 326 g/mol. The maximum Gasteiger partial charge on any atom is 0.270 e. The summed E-state index contributed by atoms with van der Waals surface area (Å²) in [5, 5.41) is 2.86. The molecule has 0 saturated carbocycles. The van der Waals surface area contributed by atoms with Gasteiger partial charge in [-0.2, -0.15) is 0 Å². The normalized spacial score (nSPS) is 23.7. The van der Waals surface area contributed by atoms with E-state index < -0.39 is 17.0 Å². The van der Waals surface area contributed by atoms with Crippen LogP contribution in [0.25, 0.3) is 5.65 Å². The molecule has 2 amide bonds. The molecule has 4 heterocycles. The molecule has 4 rings (SSSR count). The highest BCUT2D eigenvalue weighted by atomic mass is 16.2. The Morgan fingerprint density at radius 1 is 1.21 bits per heavy atom. The van der Waals surface area contributed by atoms with Crippen molar-refractivity contribution in [1.29, 1.82) is 0 Å². The number of carbonyl (C=O) groups excluding carboxylic acids is 2. The summed E-state index contributed by atoms with van der Waals surface area (Å²) in [6.07, 6.45) is 5.81. The molecule has 0 aliphatic carbocycles. The van der Waals surface area contributed by atoms with Crippen molar-refractivity contribution < 1.29 is 9.59 Å². The molecule has 1 atom stereocenters. The lowest BCUT2D eigenvalue weighted by Gasteiger charge is -2.39. The van der Waals surface area contributed by atoms with E-state index in [2.05, 4.69) is 10.3 Å². The SMILES string of the molecule is O=C(c1cnc2ccccn2c1=O)N1CCCC12CCCNC2=O. The van der Waals surface area contributed by atoms with Gasteiger partial charge in [0.2, 0.25) is 5.91 Å². The Morgan fingerprint density at radius 3 is 2.88 bits per heavy atom. The van der Waals surface area contributed by atoms with Gasteiger partial charge in [-0.05, 0) is 37.8 Å². The number of fused-ring (bicyclic) bond motifs is 1. The van der Waals surface area contributed by atoms with Gasteiger partial charge in [0, 0.05) is 25.5 Å². The Labute approximate surface area is 138 Å². The van der Waals surface area contributed by atoms with Crippen LogP contribution in [0.3, 0.4) is 0 Å². The van der Waals surface area contributed by atoms with E-state index in [0.29, 0.717) is 31.6 Å². The molecule has 2 aromatic heterocycles. The molecule has 0 radical (unpaired) electrons. The third-order valence-electron chi connectivity index (χ3n) is 5.05. The minimum atomic E-state index is -0.807. The Balaban J connectivity index is 1.77. The van der Waals surface area contributed by atoms with Gasteiger partial charge < -0.3 is 10.2 Å². The Hall–Kier alpha value is -2.70. The molecule has 7 nitrogen and oxygen atoms in total. The predicted octanol–water partition coefficient (Wildman–Crippen LogP) is 0.579. The minimum Gasteiger partial charge on any atom is -0.354 e. The van der Waals surface area contributed by atoms with Crippen LogP contribution < -0.4 is 10.9 Å². The summed E-state index contributed by atoms with van der Waals surface area (Å²) in [6, 6.07) is 5.21. The van der Waals surface area contributed by atoms with E-state index in [1.807, 2.05) is 0 Å². The lowest BCUT2D eigenvalue weighted by atomic mass is 9.86. The summed E-state index contributed by atoms with van der Waals surface area (Å²) in [6.45, 7) is 1.13. The van der Waals surface area contributed by atoms with Crippen molar-refractivity contribution in [3.05, 3.63) is 46.5 Å². The van der Waals surface area contributed by atoms with Gasteiger partial charge in [0.1, 0.15) is 16.7 Å². The largest absolute Gasteiger partial charge is 0.354 e. The minimum absolute atomic E-state index is 0.0124. The lowest BCUT2D eigenvalue weighted by molar-refractivity contribution is -0.133. The first-order valence-electron chi connectivity index (χ1n) is 8.20. The van der Waals surface area contributed by atoms with Crippen LogP contribution in [0.5, 0.6) is 0 Å². The van der Waals surface area contributed by atoms with E-state index in [-0.39, 0.29) is 11.5 Å². The fourth-order valence-electron chi connectivity index (χ4n) is 3.85. The fourth-order valence-corrected chi connectivity index (χ4v) is 3.85. The highest BCUT2D eigenvalue weighted by Gasteiger charge is 2.50. The summed E-state index contributed by atoms with van der Waals surface area (Å²) in [5.74, 6) is -0.506. The lowest BCUT2D eigenvalue weighted by Crippen LogP contribution is -2.60. The van der Waals surface area contributed by atoms with Gasteiger partial charge in [0.15, 0.2) is 0 Å². The molecule has 2 aliphatic heterocycles. The Morgan fingerprint density at radius 2 is 2.04 bits per heavy atom. The molecule has 2 aliphatic rings. The van der Waals surface area contributed by atoms with Crippen LogP contribution in [-0.4, -0.2) is 44.7 Å². The zero-order chi connectivity index (χ0) is 16.7. The number of aromatic nitrogens is 2. The zero-order valence-corrected chi connectivity index (χ0v) is 13.2. The van der Waals surface area contributed by atoms with E-state index in [1.54, 1.807) is 29.3 Å². The molecule has 0 aromatic carbocycles. The number of rotatable bonds is 1. The van der Waals surface area contributed by atoms with Crippen LogP contribution in [0, 0.1) is 0 Å². The fraction of sp³-hybridized carbons (Fsp3) is 0.412. The topological polar surface area (TPSA) is 83.8 Å². The van der Waals surface area contributed by atoms with Crippen LogP contribution in [0.2, 0.25) is 0 Å². The molecule has 24 heavy (non-hydrogen) atoms. The quantitative estimate of drug-likeness (QED) is 0.831. The van der Waals surface area contributed by atoms with Crippen molar-refractivity contribution >= 4 is 17.5 Å². The van der Waals surface area contributed by atoms with Crippen LogP contribution in [0.1, 0.15) is 36.0 Å². The second-order valence-electron chi connectivity index (χ2n) is 6.36. The summed E-state index contributed by atoms with van der Waals surface area (Å²) in [7, 11) is 0. The number of nitrogens with zero attached hydrogens (tertiary/aromatic N) is 3. The van der Waals surface area contributed by atoms with Crippen molar-refractivity contribution in [3.63, 3.8) is 0 Å². The van der Waals surface area contributed by atoms with E-state index in [0.717, 1.165) is 12.8 Å². The molecule has 2 aromatic rings. The number of pyridine rings is 1. The Kier molecular flexibility index (Phi) is 3.37. The third kappa shape index (κ3) is 2.04. The van der Waals surface area contributed by atoms with Crippen LogP contribution in [0.15, 0.2) is 35.4 Å². The number of carbonyl (C=O) groups is 2. The molecule has 1 unspecified atom stereocenters. The van der Waals surface area contributed by atoms with Gasteiger partial charge in [-0.1, -0.05) is 6.07 Å². The van der Waals surface area contributed by atoms with Gasteiger partial charge >= 0.3 is 0 Å². The molecule has 124 valence electrons. The average Bonchev–Trinajstić information content (AvgIpc) is 3.02. The highest BCUT2D eigenvalue weighted by molar-refractivity contribution is 5.99. The predicted molar refractivity (Wildman–Crippen MR) is 86.7 cm³/mol. The van der Waals surface area contributed by atoms with Crippen LogP contribution in [-0.2, 0) is 4.79 Å². The number of likely N-dealkylation sites (tertiary alicyclic amines) is 1. The number of hydrogen-bond donors (Lipinski definition) is 1. The maximum atomic E-state index is 13.0. The van der Waals surface area contributed by atoms with Gasteiger partial charge in [-0.15, -0.1) is 0 Å². The maximum absolute atomic E-state index is 13.0. The van der Waals surface area contributed by atoms with E-state index >= 15 is 0 Å². The van der Waals surface area contributed by atoms with Gasteiger partial charge in [0.25, 0.3) is 11.5 Å². The number of piperidine rings is 1. The summed E-state index contributed by atoms with van der Waals surface area (Å²) >= 11 is 0. The van der Waals surface area contributed by atoms with E-state index in [9.17, 15) is 14.4 Å². The van der Waals surface area contributed by atoms with E-state index in [1.165, 1.54) is 10.6 Å². The summed E-state index contributed by atoms with van der Waals surface area (Å²) < 4.78 is 1.36. The van der Waals surface area contributed by atoms with Gasteiger partial charge in [-0.25, -0.2) is 4.98 Å². The van der Waals surface area contributed by atoms with Crippen molar-refractivity contribution in [2.24, 2.45) is 0 Å². The molecular weight excluding hydrogens is 308 g/mol. The van der Waals surface area contributed by atoms with Crippen LogP contribution in [0.4, 0.5) is 0 Å². The molecular formula is C17H18N4O3. The van der Waals surface area contributed by atoms with Crippen molar-refractivity contribution in [1.82, 2.24) is 19.6 Å². The van der Waals surface area contributed by atoms with Crippen molar-refractivity contribution in [3.8, 4) is 0 Å². The van der Waals surface area contributed by atoms with E-state index in [4.69, 9.17) is 0 Å². The van der Waals surface area contributed by atoms with Gasteiger partial charge in [-0.3, -0.25) is 18.8 Å². The van der Waals surface area contributed by atoms with Crippen molar-refractivity contribution in [2.75, 3.05) is 13.1 Å². The molecule has 2 saturated heterocycles. The standard InChI is InChI=1S/C17H18N4O3/c22-14-12(11-19-13-5-1-2-9-20(13)14)15(23)21-10-4-7-17(21)6-3-8-18-16(17)24/h1-2,5,9,11H,3-4,6-8,10H2,(H,18,24). The summed E-state index contributed by atoms with van der Waals surface area (Å²) in [5.41, 5.74) is -0.703. The first kappa shape index (κ1) is 14.9. The number of nitrogens with one attached hydrogen (secondary N) is 1. The first-order chi connectivity index (χ1) is 11.6. The molecule has 2 fully saturated rings. The molecule has 1 spiro atoms. The monoisotopic (exact) mass is 326 g/mol. The first-order valence-corrected chi connectivity index (χ1v) is 8.20. The molecule has 1 N–H and O–H groups in total. The second-order valence-corrected chi connectivity index (χ2v) is 6.36. The summed E-state index contributed by atoms with van der Waals surface area (Å²) in [4.78, 5) is 43.9. The highest BCUT2D eigenvalue weighted by Crippen LogP contribution is 2.36. The number of amides is 2. The van der Waals surface area contributed by atoms with Gasteiger partial charge in [0.05, 0.1) is 0 Å². The van der Waals surface area contributed by atoms with Crippen LogP contribution >= 0.6 is 0 Å². The molecule has 0 bridgehead atoms. The molecule has 7 heteroatoms. The Bertz CT molecular complexity index is 891. The van der Waals surface area contributed by atoms with Crippen molar-refractivity contribution in [2.45, 2.75) is 31.2 Å².